The van der Waals surface area contributed by atoms with E-state index in [9.17, 15) is 4.79 Å². The molecular weight excluding hydrogens is 275 g/mol. The van der Waals surface area contributed by atoms with Crippen molar-refractivity contribution < 1.29 is 9.90 Å². The van der Waals surface area contributed by atoms with Crippen molar-refractivity contribution >= 4 is 34.9 Å². The molecule has 0 saturated carbocycles. The smallest absolute Gasteiger partial charge is 0.337 e. The van der Waals surface area contributed by atoms with E-state index in [-0.39, 0.29) is 11.3 Å². The van der Waals surface area contributed by atoms with Crippen LogP contribution >= 0.6 is 23.2 Å². The van der Waals surface area contributed by atoms with Gasteiger partial charge in [-0.25, -0.2) is 4.79 Å². The highest BCUT2D eigenvalue weighted by Gasteiger charge is 2.10. The van der Waals surface area contributed by atoms with Crippen LogP contribution in [0.2, 0.25) is 10.0 Å². The first-order valence-electron chi connectivity index (χ1n) is 4.93. The average molecular weight is 283 g/mol. The Bertz CT molecular complexity index is 629. The van der Waals surface area contributed by atoms with Crippen LogP contribution in [0.25, 0.3) is 11.3 Å². The quantitative estimate of drug-likeness (QED) is 0.886. The fourth-order valence-corrected chi connectivity index (χ4v) is 1.78. The maximum Gasteiger partial charge on any atom is 0.337 e. The van der Waals surface area contributed by atoms with Crippen LogP contribution in [0.15, 0.2) is 30.5 Å². The van der Waals surface area contributed by atoms with E-state index in [0.29, 0.717) is 21.3 Å². The Hall–Kier alpha value is -1.78. The molecule has 0 aliphatic carbocycles. The van der Waals surface area contributed by atoms with E-state index < -0.39 is 5.97 Å². The van der Waals surface area contributed by atoms with Crippen LogP contribution in [0.5, 0.6) is 0 Å². The van der Waals surface area contributed by atoms with E-state index in [1.165, 1.54) is 12.3 Å². The van der Waals surface area contributed by atoms with Gasteiger partial charge in [-0.05, 0) is 18.2 Å². The fourth-order valence-electron chi connectivity index (χ4n) is 1.48. The van der Waals surface area contributed by atoms with E-state index in [4.69, 9.17) is 34.0 Å². The second-order valence-electron chi connectivity index (χ2n) is 3.60. The van der Waals surface area contributed by atoms with Crippen molar-refractivity contribution in [2.75, 3.05) is 5.73 Å². The van der Waals surface area contributed by atoms with Gasteiger partial charge in [0.1, 0.15) is 0 Å². The van der Waals surface area contributed by atoms with Crippen molar-refractivity contribution in [2.24, 2.45) is 0 Å². The standard InChI is InChI=1S/C12H8Cl2N2O2/c13-8-2-1-6(3-9(8)14)11-10(15)4-7(5-16-11)12(17)18/h1-5H,15H2,(H,17,18). The van der Waals surface area contributed by atoms with Crippen molar-refractivity contribution in [2.45, 2.75) is 0 Å². The highest BCUT2D eigenvalue weighted by Crippen LogP contribution is 2.30. The number of anilines is 1. The monoisotopic (exact) mass is 282 g/mol. The topological polar surface area (TPSA) is 76.2 Å². The van der Waals surface area contributed by atoms with Gasteiger partial charge < -0.3 is 10.8 Å². The Morgan fingerprint density at radius 1 is 1.22 bits per heavy atom. The number of aromatic carboxylic acids is 1. The van der Waals surface area contributed by atoms with Gasteiger partial charge in [0.15, 0.2) is 0 Å². The first-order chi connectivity index (χ1) is 8.49. The predicted octanol–water partition coefficient (Wildman–Crippen LogP) is 3.34. The van der Waals surface area contributed by atoms with Crippen LogP contribution in [-0.2, 0) is 0 Å². The van der Waals surface area contributed by atoms with Gasteiger partial charge in [-0.2, -0.15) is 0 Å². The number of nitrogens with two attached hydrogens (primary N) is 1. The van der Waals surface area contributed by atoms with E-state index in [0.717, 1.165) is 0 Å². The number of halogens is 2. The van der Waals surface area contributed by atoms with Crippen molar-refractivity contribution in [1.29, 1.82) is 0 Å². The largest absolute Gasteiger partial charge is 0.478 e. The molecule has 0 unspecified atom stereocenters. The number of carboxylic acid groups (broad SMARTS) is 1. The Labute approximate surface area is 113 Å². The van der Waals surface area contributed by atoms with Gasteiger partial charge >= 0.3 is 5.97 Å². The number of carboxylic acids is 1. The molecule has 2 aromatic rings. The normalized spacial score (nSPS) is 10.3. The summed E-state index contributed by atoms with van der Waals surface area (Å²) in [5.41, 5.74) is 7.24. The first-order valence-corrected chi connectivity index (χ1v) is 5.69. The van der Waals surface area contributed by atoms with Crippen molar-refractivity contribution in [3.05, 3.63) is 46.1 Å². The van der Waals surface area contributed by atoms with Crippen LogP contribution in [0.1, 0.15) is 10.4 Å². The third-order valence-corrected chi connectivity index (χ3v) is 3.10. The number of carbonyl (C=O) groups is 1. The van der Waals surface area contributed by atoms with Crippen molar-refractivity contribution in [1.82, 2.24) is 4.98 Å². The molecule has 4 nitrogen and oxygen atoms in total. The van der Waals surface area contributed by atoms with Crippen LogP contribution < -0.4 is 5.73 Å². The summed E-state index contributed by atoms with van der Waals surface area (Å²) in [5, 5.41) is 9.64. The summed E-state index contributed by atoms with van der Waals surface area (Å²) in [7, 11) is 0. The highest BCUT2D eigenvalue weighted by molar-refractivity contribution is 6.42. The predicted molar refractivity (Wildman–Crippen MR) is 71.1 cm³/mol. The van der Waals surface area contributed by atoms with Crippen LogP contribution in [-0.4, -0.2) is 16.1 Å². The summed E-state index contributed by atoms with van der Waals surface area (Å²) in [4.78, 5) is 14.8. The molecule has 2 rings (SSSR count). The number of aromatic nitrogens is 1. The minimum Gasteiger partial charge on any atom is -0.478 e. The molecule has 92 valence electrons. The molecule has 0 spiro atoms. The molecule has 1 aromatic carbocycles. The molecule has 0 aliphatic heterocycles. The number of pyridine rings is 1. The third kappa shape index (κ3) is 2.39. The lowest BCUT2D eigenvalue weighted by Crippen LogP contribution is -2.01. The highest BCUT2D eigenvalue weighted by atomic mass is 35.5. The number of nitrogen functional groups attached to an aromatic ring is 1. The van der Waals surface area contributed by atoms with E-state index in [1.807, 2.05) is 0 Å². The minimum absolute atomic E-state index is 0.0383. The molecule has 0 saturated heterocycles. The molecule has 0 atom stereocenters. The molecule has 1 heterocycles. The van der Waals surface area contributed by atoms with E-state index in [2.05, 4.69) is 4.98 Å². The van der Waals surface area contributed by atoms with Crippen LogP contribution in [0.3, 0.4) is 0 Å². The maximum absolute atomic E-state index is 10.8. The molecule has 18 heavy (non-hydrogen) atoms. The number of nitrogens with zero attached hydrogens (tertiary/aromatic N) is 1. The Morgan fingerprint density at radius 2 is 1.94 bits per heavy atom. The minimum atomic E-state index is -1.07. The van der Waals surface area contributed by atoms with Gasteiger partial charge in [0, 0.05) is 11.8 Å². The van der Waals surface area contributed by atoms with Gasteiger partial charge in [-0.1, -0.05) is 29.3 Å². The van der Waals surface area contributed by atoms with Crippen LogP contribution in [0.4, 0.5) is 5.69 Å². The number of benzene rings is 1. The third-order valence-electron chi connectivity index (χ3n) is 2.36. The van der Waals surface area contributed by atoms with Gasteiger partial charge in [-0.15, -0.1) is 0 Å². The molecule has 0 radical (unpaired) electrons. The van der Waals surface area contributed by atoms with Gasteiger partial charge in [-0.3, -0.25) is 4.98 Å². The zero-order valence-electron chi connectivity index (χ0n) is 9.02. The second kappa shape index (κ2) is 4.84. The molecule has 3 N–H and O–H groups in total. The number of hydrogen-bond donors (Lipinski definition) is 2. The lowest BCUT2D eigenvalue weighted by molar-refractivity contribution is 0.0696. The van der Waals surface area contributed by atoms with Gasteiger partial charge in [0.2, 0.25) is 0 Å². The molecule has 0 amide bonds. The summed E-state index contributed by atoms with van der Waals surface area (Å²) >= 11 is 11.7. The molecular formula is C12H8Cl2N2O2. The Kier molecular flexibility index (Phi) is 3.41. The van der Waals surface area contributed by atoms with E-state index >= 15 is 0 Å². The molecule has 0 fully saturated rings. The Balaban J connectivity index is 2.51. The summed E-state index contributed by atoms with van der Waals surface area (Å²) in [6.07, 6.45) is 1.25. The molecule has 6 heteroatoms. The van der Waals surface area contributed by atoms with Crippen molar-refractivity contribution in [3.8, 4) is 11.3 Å². The lowest BCUT2D eigenvalue weighted by atomic mass is 10.1. The van der Waals surface area contributed by atoms with Gasteiger partial charge in [0.05, 0.1) is 27.0 Å². The average Bonchev–Trinajstić information content (AvgIpc) is 2.32. The fraction of sp³-hybridized carbons (Fsp3) is 0. The molecule has 0 bridgehead atoms. The SMILES string of the molecule is Nc1cc(C(=O)O)cnc1-c1ccc(Cl)c(Cl)c1. The zero-order chi connectivity index (χ0) is 13.3. The lowest BCUT2D eigenvalue weighted by Gasteiger charge is -2.06. The zero-order valence-corrected chi connectivity index (χ0v) is 10.5. The van der Waals surface area contributed by atoms with Crippen LogP contribution in [0, 0.1) is 0 Å². The molecule has 0 aliphatic rings. The second-order valence-corrected chi connectivity index (χ2v) is 4.41. The number of hydrogen-bond acceptors (Lipinski definition) is 3. The maximum atomic E-state index is 10.8. The summed E-state index contributed by atoms with van der Waals surface area (Å²) in [6, 6.07) is 6.33. The summed E-state index contributed by atoms with van der Waals surface area (Å²) < 4.78 is 0. The van der Waals surface area contributed by atoms with E-state index in [1.54, 1.807) is 18.2 Å². The van der Waals surface area contributed by atoms with Gasteiger partial charge in [0.25, 0.3) is 0 Å². The number of rotatable bonds is 2. The Morgan fingerprint density at radius 3 is 2.50 bits per heavy atom. The first kappa shape index (κ1) is 12.7. The van der Waals surface area contributed by atoms with Crippen molar-refractivity contribution in [3.63, 3.8) is 0 Å². The summed E-state index contributed by atoms with van der Waals surface area (Å²) in [6.45, 7) is 0. The molecule has 1 aromatic heterocycles. The summed E-state index contributed by atoms with van der Waals surface area (Å²) in [5.74, 6) is -1.07.